The van der Waals surface area contributed by atoms with E-state index in [1.54, 1.807) is 6.20 Å². The van der Waals surface area contributed by atoms with Gasteiger partial charge in [-0.2, -0.15) is 5.10 Å². The van der Waals surface area contributed by atoms with Gasteiger partial charge < -0.3 is 4.74 Å². The van der Waals surface area contributed by atoms with Crippen LogP contribution in [-0.2, 0) is 12.0 Å². The van der Waals surface area contributed by atoms with Crippen molar-refractivity contribution in [3.63, 3.8) is 0 Å². The number of hydrogen-bond acceptors (Lipinski definition) is 5. The quantitative estimate of drug-likeness (QED) is 0.517. The molecule has 0 bridgehead atoms. The number of benzene rings is 1. The zero-order valence-corrected chi connectivity index (χ0v) is 16.5. The average molecular weight is 377 g/mol. The van der Waals surface area contributed by atoms with Crippen LogP contribution in [0.2, 0.25) is 5.02 Å². The summed E-state index contributed by atoms with van der Waals surface area (Å²) in [6, 6.07) is 3.98. The number of aromatic nitrogens is 4. The number of aromatic amines is 1. The van der Waals surface area contributed by atoms with Gasteiger partial charge in [-0.25, -0.2) is 9.97 Å². The molecule has 5 nitrogen and oxygen atoms in total. The third kappa shape index (κ3) is 3.75. The molecule has 1 aromatic carbocycles. The first-order chi connectivity index (χ1) is 11.8. The minimum atomic E-state index is -0.0703. The molecule has 0 aliphatic rings. The highest BCUT2D eigenvalue weighted by Gasteiger charge is 2.21. The summed E-state index contributed by atoms with van der Waals surface area (Å²) in [7, 11) is 0. The molecule has 0 fully saturated rings. The highest BCUT2D eigenvalue weighted by Crippen LogP contribution is 2.36. The van der Waals surface area contributed by atoms with Crippen molar-refractivity contribution >= 4 is 34.4 Å². The van der Waals surface area contributed by atoms with Gasteiger partial charge in [0.1, 0.15) is 12.4 Å². The minimum Gasteiger partial charge on any atom is -0.487 e. The highest BCUT2D eigenvalue weighted by atomic mass is 35.5. The lowest BCUT2D eigenvalue weighted by molar-refractivity contribution is 0.294. The van der Waals surface area contributed by atoms with E-state index in [1.807, 2.05) is 25.3 Å². The Morgan fingerprint density at radius 2 is 2.04 bits per heavy atom. The molecule has 0 spiro atoms. The Morgan fingerprint density at radius 3 is 2.72 bits per heavy atom. The maximum Gasteiger partial charge on any atom is 0.189 e. The van der Waals surface area contributed by atoms with Crippen LogP contribution in [-0.4, -0.2) is 26.4 Å². The second-order valence-corrected chi connectivity index (χ2v) is 8.11. The number of fused-ring (bicyclic) bond motifs is 1. The van der Waals surface area contributed by atoms with Crippen molar-refractivity contribution < 1.29 is 4.74 Å². The SMILES string of the molecule is CSc1ncc2c(COc3cc(C)c(Cl)cc3C(C)(C)C)[nH]nc2n1. The second-order valence-electron chi connectivity index (χ2n) is 6.93. The van der Waals surface area contributed by atoms with Crippen LogP contribution in [0.15, 0.2) is 23.5 Å². The summed E-state index contributed by atoms with van der Waals surface area (Å²) in [6.07, 6.45) is 3.73. The van der Waals surface area contributed by atoms with Gasteiger partial charge >= 0.3 is 0 Å². The van der Waals surface area contributed by atoms with E-state index in [9.17, 15) is 0 Å². The number of halogens is 1. The Labute approximate surface area is 156 Å². The van der Waals surface area contributed by atoms with Crippen LogP contribution in [0.3, 0.4) is 0 Å². The number of ether oxygens (including phenoxy) is 1. The van der Waals surface area contributed by atoms with Crippen LogP contribution < -0.4 is 4.74 Å². The summed E-state index contributed by atoms with van der Waals surface area (Å²) in [5.41, 5.74) is 3.51. The fourth-order valence-corrected chi connectivity index (χ4v) is 3.05. The van der Waals surface area contributed by atoms with Gasteiger partial charge in [-0.3, -0.25) is 5.10 Å². The third-order valence-corrected chi connectivity index (χ3v) is 4.96. The van der Waals surface area contributed by atoms with Crippen molar-refractivity contribution in [2.24, 2.45) is 0 Å². The van der Waals surface area contributed by atoms with Gasteiger partial charge in [0.2, 0.25) is 0 Å². The molecule has 2 heterocycles. The van der Waals surface area contributed by atoms with Gasteiger partial charge in [-0.05, 0) is 36.3 Å². The molecule has 2 aromatic heterocycles. The van der Waals surface area contributed by atoms with Crippen LogP contribution in [0.25, 0.3) is 11.0 Å². The maximum atomic E-state index is 6.31. The summed E-state index contributed by atoms with van der Waals surface area (Å²) in [5.74, 6) is 0.832. The molecule has 0 amide bonds. The van der Waals surface area contributed by atoms with E-state index < -0.39 is 0 Å². The number of hydrogen-bond donors (Lipinski definition) is 1. The summed E-state index contributed by atoms with van der Waals surface area (Å²) in [4.78, 5) is 8.70. The molecule has 0 unspecified atom stereocenters. The van der Waals surface area contributed by atoms with Crippen molar-refractivity contribution in [1.29, 1.82) is 0 Å². The predicted octanol–water partition coefficient (Wildman–Crippen LogP) is 4.91. The van der Waals surface area contributed by atoms with Gasteiger partial charge in [0.25, 0.3) is 0 Å². The zero-order chi connectivity index (χ0) is 18.2. The van der Waals surface area contributed by atoms with Crippen molar-refractivity contribution in [3.05, 3.63) is 40.2 Å². The molecule has 0 radical (unpaired) electrons. The average Bonchev–Trinajstić information content (AvgIpc) is 2.96. The first-order valence-electron chi connectivity index (χ1n) is 7.97. The van der Waals surface area contributed by atoms with E-state index in [4.69, 9.17) is 16.3 Å². The molecule has 7 heteroatoms. The number of rotatable bonds is 4. The molecule has 0 atom stereocenters. The summed E-state index contributed by atoms with van der Waals surface area (Å²) in [6.45, 7) is 8.77. The minimum absolute atomic E-state index is 0.0703. The van der Waals surface area contributed by atoms with E-state index in [2.05, 4.69) is 40.9 Å². The fourth-order valence-electron chi connectivity index (χ4n) is 2.55. The number of aryl methyl sites for hydroxylation is 1. The summed E-state index contributed by atoms with van der Waals surface area (Å²) < 4.78 is 6.12. The van der Waals surface area contributed by atoms with Crippen LogP contribution in [0.1, 0.15) is 37.6 Å². The summed E-state index contributed by atoms with van der Waals surface area (Å²) in [5, 5.41) is 9.59. The van der Waals surface area contributed by atoms with E-state index >= 15 is 0 Å². The van der Waals surface area contributed by atoms with E-state index in [0.29, 0.717) is 17.4 Å². The zero-order valence-electron chi connectivity index (χ0n) is 15.0. The molecule has 25 heavy (non-hydrogen) atoms. The van der Waals surface area contributed by atoms with Crippen LogP contribution in [0, 0.1) is 6.92 Å². The molecule has 0 saturated carbocycles. The van der Waals surface area contributed by atoms with E-state index in [1.165, 1.54) is 11.8 Å². The Morgan fingerprint density at radius 1 is 1.28 bits per heavy atom. The third-order valence-electron chi connectivity index (χ3n) is 3.99. The fraction of sp³-hybridized carbons (Fsp3) is 0.389. The molecular weight excluding hydrogens is 356 g/mol. The Kier molecular flexibility index (Phi) is 4.93. The van der Waals surface area contributed by atoms with Gasteiger partial charge in [0, 0.05) is 16.8 Å². The van der Waals surface area contributed by atoms with Crippen molar-refractivity contribution in [3.8, 4) is 5.75 Å². The molecule has 0 aliphatic carbocycles. The molecule has 0 saturated heterocycles. The largest absolute Gasteiger partial charge is 0.487 e. The predicted molar refractivity (Wildman–Crippen MR) is 103 cm³/mol. The number of nitrogens with zero attached hydrogens (tertiary/aromatic N) is 3. The lowest BCUT2D eigenvalue weighted by Gasteiger charge is -2.23. The number of nitrogens with one attached hydrogen (secondary N) is 1. The maximum absolute atomic E-state index is 6.31. The standard InChI is InChI=1S/C18H21ClN4OS/c1-10-6-15(12(7-13(10)19)18(2,3)4)24-9-14-11-8-20-17(25-5)21-16(11)23-22-14/h6-8H,9H2,1-5H3,(H,20,21,22,23). The van der Waals surface area contributed by atoms with Crippen molar-refractivity contribution in [2.75, 3.05) is 6.26 Å². The number of H-pyrrole nitrogens is 1. The second kappa shape index (κ2) is 6.84. The topological polar surface area (TPSA) is 63.7 Å². The molecule has 3 aromatic rings. The monoisotopic (exact) mass is 376 g/mol. The van der Waals surface area contributed by atoms with Crippen LogP contribution in [0.5, 0.6) is 5.75 Å². The van der Waals surface area contributed by atoms with Gasteiger partial charge in [-0.1, -0.05) is 44.1 Å². The van der Waals surface area contributed by atoms with E-state index in [0.717, 1.165) is 33.0 Å². The van der Waals surface area contributed by atoms with E-state index in [-0.39, 0.29) is 5.41 Å². The van der Waals surface area contributed by atoms with Crippen molar-refractivity contribution in [2.45, 2.75) is 44.9 Å². The lowest BCUT2D eigenvalue weighted by Crippen LogP contribution is -2.14. The lowest BCUT2D eigenvalue weighted by atomic mass is 9.86. The normalized spacial score (nSPS) is 11.9. The molecule has 3 rings (SSSR count). The molecular formula is C18H21ClN4OS. The van der Waals surface area contributed by atoms with Gasteiger partial charge in [-0.15, -0.1) is 0 Å². The Balaban J connectivity index is 1.90. The first-order valence-corrected chi connectivity index (χ1v) is 9.57. The smallest absolute Gasteiger partial charge is 0.189 e. The molecule has 1 N–H and O–H groups in total. The highest BCUT2D eigenvalue weighted by molar-refractivity contribution is 7.98. The van der Waals surface area contributed by atoms with Gasteiger partial charge in [0.05, 0.1) is 11.1 Å². The molecule has 132 valence electrons. The summed E-state index contributed by atoms with van der Waals surface area (Å²) >= 11 is 7.80. The first kappa shape index (κ1) is 18.0. The van der Waals surface area contributed by atoms with Crippen molar-refractivity contribution in [1.82, 2.24) is 20.2 Å². The number of thioether (sulfide) groups is 1. The van der Waals surface area contributed by atoms with Crippen LogP contribution in [0.4, 0.5) is 0 Å². The van der Waals surface area contributed by atoms with Crippen LogP contribution >= 0.6 is 23.4 Å². The Hall–Kier alpha value is -1.79. The molecule has 0 aliphatic heterocycles. The van der Waals surface area contributed by atoms with Gasteiger partial charge in [0.15, 0.2) is 10.8 Å². The Bertz CT molecular complexity index is 917.